The van der Waals surface area contributed by atoms with Crippen LogP contribution >= 0.6 is 0 Å². The number of aromatic hydroxyl groups is 1. The van der Waals surface area contributed by atoms with Gasteiger partial charge in [0.2, 0.25) is 5.75 Å². The van der Waals surface area contributed by atoms with Crippen LogP contribution in [0.4, 0.5) is 5.69 Å². The Bertz CT molecular complexity index is 517. The topological polar surface area (TPSA) is 125 Å². The van der Waals surface area contributed by atoms with Gasteiger partial charge in [-0.15, -0.1) is 0 Å². The number of phenolic OH excluding ortho intramolecular Hbond substituents is 1. The number of nitro benzene ring substituents is 1. The van der Waals surface area contributed by atoms with Crippen molar-refractivity contribution in [3.63, 3.8) is 0 Å². The van der Waals surface area contributed by atoms with Crippen LogP contribution in [0.3, 0.4) is 0 Å². The third kappa shape index (κ3) is 3.58. The molecule has 0 spiro atoms. The Balaban J connectivity index is 3.08. The van der Waals surface area contributed by atoms with E-state index in [1.165, 1.54) is 13.2 Å². The zero-order chi connectivity index (χ0) is 15.3. The third-order valence-corrected chi connectivity index (χ3v) is 2.61. The molecule has 1 aromatic rings. The number of benzene rings is 1. The van der Waals surface area contributed by atoms with Gasteiger partial charge in [-0.2, -0.15) is 0 Å². The number of methoxy groups -OCH3 is 1. The third-order valence-electron chi connectivity index (χ3n) is 2.61. The fraction of sp³-hybridized carbons (Fsp3) is 0.417. The minimum atomic E-state index is -0.790. The van der Waals surface area contributed by atoms with Crippen molar-refractivity contribution in [1.82, 2.24) is 0 Å². The van der Waals surface area contributed by atoms with Crippen molar-refractivity contribution >= 4 is 11.7 Å². The Labute approximate surface area is 115 Å². The molecule has 20 heavy (non-hydrogen) atoms. The van der Waals surface area contributed by atoms with Crippen LogP contribution < -0.4 is 10.5 Å². The maximum absolute atomic E-state index is 11.4. The molecule has 110 valence electrons. The predicted molar refractivity (Wildman–Crippen MR) is 69.5 cm³/mol. The van der Waals surface area contributed by atoms with E-state index in [4.69, 9.17) is 15.2 Å². The van der Waals surface area contributed by atoms with Crippen molar-refractivity contribution in [1.29, 1.82) is 0 Å². The summed E-state index contributed by atoms with van der Waals surface area (Å²) in [7, 11) is 1.26. The summed E-state index contributed by atoms with van der Waals surface area (Å²) in [4.78, 5) is 21.4. The number of hydrogen-bond acceptors (Lipinski definition) is 7. The first-order chi connectivity index (χ1) is 9.40. The molecule has 8 nitrogen and oxygen atoms in total. The molecule has 3 N–H and O–H groups in total. The lowest BCUT2D eigenvalue weighted by Gasteiger charge is -2.13. The molecule has 0 amide bonds. The highest BCUT2D eigenvalue weighted by atomic mass is 16.6. The van der Waals surface area contributed by atoms with Gasteiger partial charge in [-0.1, -0.05) is 0 Å². The molecule has 0 unspecified atom stereocenters. The molecule has 0 aliphatic heterocycles. The SMILES string of the molecule is CCOC(=O)C[C@@H](N)c1cc(OC)c(O)c([N+](=O)[O-])c1. The Morgan fingerprint density at radius 1 is 1.55 bits per heavy atom. The Hall–Kier alpha value is -2.35. The number of nitrogens with zero attached hydrogens (tertiary/aromatic N) is 1. The molecule has 0 aliphatic rings. The van der Waals surface area contributed by atoms with Crippen molar-refractivity contribution in [2.45, 2.75) is 19.4 Å². The number of carbonyl (C=O) groups excluding carboxylic acids is 1. The van der Waals surface area contributed by atoms with E-state index < -0.39 is 28.4 Å². The van der Waals surface area contributed by atoms with Crippen molar-refractivity contribution < 1.29 is 24.3 Å². The lowest BCUT2D eigenvalue weighted by molar-refractivity contribution is -0.386. The smallest absolute Gasteiger partial charge is 0.314 e. The van der Waals surface area contributed by atoms with E-state index in [2.05, 4.69) is 0 Å². The highest BCUT2D eigenvalue weighted by Gasteiger charge is 2.23. The summed E-state index contributed by atoms with van der Waals surface area (Å²) in [5, 5.41) is 20.5. The summed E-state index contributed by atoms with van der Waals surface area (Å²) in [5.74, 6) is -1.16. The minimum absolute atomic E-state index is 0.0755. The molecule has 0 bridgehead atoms. The maximum atomic E-state index is 11.4. The van der Waals surface area contributed by atoms with Crippen molar-refractivity contribution in [2.24, 2.45) is 5.73 Å². The van der Waals surface area contributed by atoms with Gasteiger partial charge in [0, 0.05) is 12.1 Å². The van der Waals surface area contributed by atoms with Gasteiger partial charge < -0.3 is 20.3 Å². The lowest BCUT2D eigenvalue weighted by Crippen LogP contribution is -2.17. The second kappa shape index (κ2) is 6.71. The predicted octanol–water partition coefficient (Wildman–Crippen LogP) is 1.26. The monoisotopic (exact) mass is 284 g/mol. The molecule has 0 aliphatic carbocycles. The van der Waals surface area contributed by atoms with Crippen molar-refractivity contribution in [3.05, 3.63) is 27.8 Å². The molecule has 1 aromatic carbocycles. The van der Waals surface area contributed by atoms with E-state index in [-0.39, 0.29) is 18.8 Å². The first-order valence-corrected chi connectivity index (χ1v) is 5.87. The van der Waals surface area contributed by atoms with E-state index >= 15 is 0 Å². The highest BCUT2D eigenvalue weighted by molar-refractivity contribution is 5.70. The Morgan fingerprint density at radius 3 is 2.70 bits per heavy atom. The summed E-state index contributed by atoms with van der Waals surface area (Å²) in [6.45, 7) is 1.89. The molecule has 0 aromatic heterocycles. The molecule has 0 fully saturated rings. The van der Waals surface area contributed by atoms with Gasteiger partial charge in [-0.3, -0.25) is 14.9 Å². The summed E-state index contributed by atoms with van der Waals surface area (Å²) >= 11 is 0. The largest absolute Gasteiger partial charge is 0.500 e. The van der Waals surface area contributed by atoms with E-state index in [0.717, 1.165) is 6.07 Å². The summed E-state index contributed by atoms with van der Waals surface area (Å²) in [6, 6.07) is 1.68. The normalized spacial score (nSPS) is 11.8. The Morgan fingerprint density at radius 2 is 2.20 bits per heavy atom. The van der Waals surface area contributed by atoms with Crippen LogP contribution in [-0.2, 0) is 9.53 Å². The molecule has 8 heteroatoms. The number of rotatable bonds is 6. The van der Waals surface area contributed by atoms with Crippen LogP contribution in [0.1, 0.15) is 24.9 Å². The van der Waals surface area contributed by atoms with Crippen molar-refractivity contribution in [2.75, 3.05) is 13.7 Å². The van der Waals surface area contributed by atoms with Crippen LogP contribution in [-0.4, -0.2) is 29.7 Å². The molecule has 0 radical (unpaired) electrons. The number of phenols is 1. The van der Waals surface area contributed by atoms with Crippen LogP contribution in [0.25, 0.3) is 0 Å². The second-order valence-corrected chi connectivity index (χ2v) is 3.96. The van der Waals surface area contributed by atoms with Crippen molar-refractivity contribution in [3.8, 4) is 11.5 Å². The number of carbonyl (C=O) groups is 1. The molecular weight excluding hydrogens is 268 g/mol. The van der Waals surface area contributed by atoms with Gasteiger partial charge in [0.05, 0.1) is 25.1 Å². The van der Waals surface area contributed by atoms with Gasteiger partial charge in [0.15, 0.2) is 5.75 Å². The van der Waals surface area contributed by atoms with Crippen LogP contribution in [0.5, 0.6) is 11.5 Å². The standard InChI is InChI=1S/C12H16N2O6/c1-3-20-11(15)6-8(13)7-4-9(14(17)18)12(16)10(5-7)19-2/h4-5,8,16H,3,6,13H2,1-2H3/t8-/m1/s1. The lowest BCUT2D eigenvalue weighted by atomic mass is 10.0. The van der Waals surface area contributed by atoms with Gasteiger partial charge in [-0.05, 0) is 18.6 Å². The fourth-order valence-corrected chi connectivity index (χ4v) is 1.64. The maximum Gasteiger partial charge on any atom is 0.314 e. The van der Waals surface area contributed by atoms with E-state index in [0.29, 0.717) is 5.56 Å². The minimum Gasteiger partial charge on any atom is -0.500 e. The summed E-state index contributed by atoms with van der Waals surface area (Å²) < 4.78 is 9.61. The van der Waals surface area contributed by atoms with E-state index in [1.807, 2.05) is 0 Å². The quantitative estimate of drug-likeness (QED) is 0.457. The summed E-state index contributed by atoms with van der Waals surface area (Å²) in [6.07, 6.45) is -0.126. The van der Waals surface area contributed by atoms with Crippen LogP contribution in [0, 0.1) is 10.1 Å². The van der Waals surface area contributed by atoms with Gasteiger partial charge >= 0.3 is 11.7 Å². The zero-order valence-corrected chi connectivity index (χ0v) is 11.2. The number of esters is 1. The Kier molecular flexibility index (Phi) is 5.27. The molecule has 0 heterocycles. The van der Waals surface area contributed by atoms with Gasteiger partial charge in [-0.25, -0.2) is 0 Å². The zero-order valence-electron chi connectivity index (χ0n) is 11.2. The highest BCUT2D eigenvalue weighted by Crippen LogP contribution is 2.38. The van der Waals surface area contributed by atoms with E-state index in [1.54, 1.807) is 6.92 Å². The van der Waals surface area contributed by atoms with Crippen LogP contribution in [0.2, 0.25) is 0 Å². The number of ether oxygens (including phenoxy) is 2. The number of hydrogen-bond donors (Lipinski definition) is 2. The van der Waals surface area contributed by atoms with Crippen LogP contribution in [0.15, 0.2) is 12.1 Å². The summed E-state index contributed by atoms with van der Waals surface area (Å²) in [5.41, 5.74) is 5.58. The molecule has 1 atom stereocenters. The second-order valence-electron chi connectivity index (χ2n) is 3.96. The number of nitro groups is 1. The molecule has 0 saturated carbocycles. The average molecular weight is 284 g/mol. The number of nitrogens with two attached hydrogens (primary N) is 1. The fourth-order valence-electron chi connectivity index (χ4n) is 1.64. The van der Waals surface area contributed by atoms with Gasteiger partial charge in [0.25, 0.3) is 0 Å². The first-order valence-electron chi connectivity index (χ1n) is 5.87. The molecular formula is C12H16N2O6. The van der Waals surface area contributed by atoms with E-state index in [9.17, 15) is 20.0 Å². The molecule has 1 rings (SSSR count). The average Bonchev–Trinajstić information content (AvgIpc) is 2.38. The first kappa shape index (κ1) is 15.7. The van der Waals surface area contributed by atoms with Gasteiger partial charge in [0.1, 0.15) is 0 Å². The molecule has 0 saturated heterocycles.